The highest BCUT2D eigenvalue weighted by atomic mass is 16.5. The topological polar surface area (TPSA) is 77.2 Å². The number of hydrogen-bond donors (Lipinski definition) is 2. The summed E-state index contributed by atoms with van der Waals surface area (Å²) in [6, 6.07) is 11.1. The summed E-state index contributed by atoms with van der Waals surface area (Å²) in [5.41, 5.74) is 8.07. The molecule has 110 valence electrons. The van der Waals surface area contributed by atoms with Crippen LogP contribution in [0.3, 0.4) is 0 Å². The Labute approximate surface area is 124 Å². The summed E-state index contributed by atoms with van der Waals surface area (Å²) < 4.78 is 5.10. The Bertz CT molecular complexity index is 611. The van der Waals surface area contributed by atoms with Crippen molar-refractivity contribution in [1.29, 1.82) is 0 Å². The van der Waals surface area contributed by atoms with Gasteiger partial charge < -0.3 is 15.8 Å². The minimum atomic E-state index is -0.213. The Kier molecular flexibility index (Phi) is 4.90. The first-order chi connectivity index (χ1) is 10.2. The van der Waals surface area contributed by atoms with Crippen molar-refractivity contribution in [2.75, 3.05) is 7.11 Å². The summed E-state index contributed by atoms with van der Waals surface area (Å²) in [7, 11) is 1.49. The number of benzene rings is 1. The van der Waals surface area contributed by atoms with Gasteiger partial charge in [0.15, 0.2) is 0 Å². The van der Waals surface area contributed by atoms with Crippen LogP contribution in [0.25, 0.3) is 0 Å². The van der Waals surface area contributed by atoms with Gasteiger partial charge in [-0.05, 0) is 30.2 Å². The van der Waals surface area contributed by atoms with Crippen LogP contribution in [-0.4, -0.2) is 18.0 Å². The maximum absolute atomic E-state index is 12.3. The van der Waals surface area contributed by atoms with E-state index in [1.165, 1.54) is 7.11 Å². The second-order valence-corrected chi connectivity index (χ2v) is 4.70. The summed E-state index contributed by atoms with van der Waals surface area (Å²) in [6.45, 7) is 2.44. The van der Waals surface area contributed by atoms with Crippen LogP contribution in [0.4, 0.5) is 0 Å². The molecule has 0 aliphatic rings. The molecule has 5 nitrogen and oxygen atoms in total. The molecule has 2 aromatic rings. The maximum atomic E-state index is 12.3. The molecule has 0 saturated heterocycles. The van der Waals surface area contributed by atoms with Gasteiger partial charge in [0.05, 0.1) is 13.2 Å². The molecule has 2 rings (SSSR count). The molecule has 5 heteroatoms. The number of methoxy groups -OCH3 is 1. The van der Waals surface area contributed by atoms with E-state index in [1.807, 2.05) is 31.2 Å². The fraction of sp³-hybridized carbons (Fsp3) is 0.250. The van der Waals surface area contributed by atoms with Gasteiger partial charge in [0, 0.05) is 12.7 Å². The van der Waals surface area contributed by atoms with Crippen LogP contribution in [-0.2, 0) is 6.54 Å². The fourth-order valence-corrected chi connectivity index (χ4v) is 2.03. The molecule has 1 heterocycles. The molecule has 0 aliphatic carbocycles. The van der Waals surface area contributed by atoms with Gasteiger partial charge in [0.1, 0.15) is 5.56 Å². The lowest BCUT2D eigenvalue weighted by atomic mass is 10.1. The van der Waals surface area contributed by atoms with E-state index in [0.29, 0.717) is 18.0 Å². The number of ether oxygens (including phenoxy) is 1. The Balaban J connectivity index is 2.11. The van der Waals surface area contributed by atoms with Crippen LogP contribution in [0, 0.1) is 0 Å². The number of amides is 1. The molecule has 0 fully saturated rings. The Morgan fingerprint density at radius 1 is 1.33 bits per heavy atom. The van der Waals surface area contributed by atoms with Crippen LogP contribution < -0.4 is 15.8 Å². The van der Waals surface area contributed by atoms with Gasteiger partial charge in [-0.3, -0.25) is 4.79 Å². The highest BCUT2D eigenvalue weighted by Gasteiger charge is 2.15. The van der Waals surface area contributed by atoms with Crippen molar-refractivity contribution in [1.82, 2.24) is 10.3 Å². The minimum Gasteiger partial charge on any atom is -0.480 e. The highest BCUT2D eigenvalue weighted by Crippen LogP contribution is 2.17. The predicted octanol–water partition coefficient (Wildman–Crippen LogP) is 2.04. The molecular formula is C16H19N3O2. The van der Waals surface area contributed by atoms with Crippen molar-refractivity contribution in [3.63, 3.8) is 0 Å². The second-order valence-electron chi connectivity index (χ2n) is 4.70. The monoisotopic (exact) mass is 285 g/mol. The molecule has 0 spiro atoms. The van der Waals surface area contributed by atoms with E-state index in [0.717, 1.165) is 11.1 Å². The van der Waals surface area contributed by atoms with E-state index in [1.54, 1.807) is 18.3 Å². The van der Waals surface area contributed by atoms with Gasteiger partial charge in [-0.2, -0.15) is 0 Å². The zero-order valence-corrected chi connectivity index (χ0v) is 12.2. The number of nitrogens with zero attached hydrogens (tertiary/aromatic N) is 1. The first-order valence-corrected chi connectivity index (χ1v) is 6.74. The standard InChI is InChI=1S/C16H19N3O2/c1-11(13-7-5-12(10-17)6-8-13)19-15(20)14-4-3-9-18-16(14)21-2/h3-9,11H,10,17H2,1-2H3,(H,19,20). The molecule has 3 N–H and O–H groups in total. The number of nitrogens with one attached hydrogen (secondary N) is 1. The van der Waals surface area contributed by atoms with Crippen molar-refractivity contribution in [3.8, 4) is 5.88 Å². The third kappa shape index (κ3) is 3.58. The summed E-state index contributed by atoms with van der Waals surface area (Å²) in [6.07, 6.45) is 1.59. The molecule has 0 bridgehead atoms. The third-order valence-electron chi connectivity index (χ3n) is 3.27. The van der Waals surface area contributed by atoms with Gasteiger partial charge in [-0.1, -0.05) is 24.3 Å². The first-order valence-electron chi connectivity index (χ1n) is 6.74. The number of rotatable bonds is 5. The minimum absolute atomic E-state index is 0.116. The molecule has 21 heavy (non-hydrogen) atoms. The Morgan fingerprint density at radius 3 is 2.67 bits per heavy atom. The van der Waals surface area contributed by atoms with E-state index in [-0.39, 0.29) is 11.9 Å². The SMILES string of the molecule is COc1ncccc1C(=O)NC(C)c1ccc(CN)cc1. The summed E-state index contributed by atoms with van der Waals surface area (Å²) in [4.78, 5) is 16.3. The van der Waals surface area contributed by atoms with Gasteiger partial charge in [0.25, 0.3) is 5.91 Å². The van der Waals surface area contributed by atoms with Crippen LogP contribution in [0.5, 0.6) is 5.88 Å². The highest BCUT2D eigenvalue weighted by molar-refractivity contribution is 5.96. The third-order valence-corrected chi connectivity index (χ3v) is 3.27. The van der Waals surface area contributed by atoms with Gasteiger partial charge in [-0.15, -0.1) is 0 Å². The zero-order valence-electron chi connectivity index (χ0n) is 12.2. The number of carbonyl (C=O) groups excluding carboxylic acids is 1. The molecule has 0 radical (unpaired) electrons. The lowest BCUT2D eigenvalue weighted by Crippen LogP contribution is -2.27. The lowest BCUT2D eigenvalue weighted by Gasteiger charge is -2.15. The van der Waals surface area contributed by atoms with Crippen molar-refractivity contribution in [3.05, 3.63) is 59.3 Å². The summed E-state index contributed by atoms with van der Waals surface area (Å²) in [5, 5.41) is 2.93. The summed E-state index contributed by atoms with van der Waals surface area (Å²) >= 11 is 0. The fourth-order valence-electron chi connectivity index (χ4n) is 2.03. The molecule has 1 aromatic heterocycles. The van der Waals surface area contributed by atoms with E-state index >= 15 is 0 Å². The molecule has 0 aliphatic heterocycles. The summed E-state index contributed by atoms with van der Waals surface area (Å²) in [5.74, 6) is 0.107. The van der Waals surface area contributed by atoms with Gasteiger partial charge >= 0.3 is 0 Å². The average Bonchev–Trinajstić information content (AvgIpc) is 2.54. The van der Waals surface area contributed by atoms with E-state index in [4.69, 9.17) is 10.5 Å². The van der Waals surface area contributed by atoms with Gasteiger partial charge in [0.2, 0.25) is 5.88 Å². The molecule has 1 unspecified atom stereocenters. The number of hydrogen-bond acceptors (Lipinski definition) is 4. The first kappa shape index (κ1) is 15.0. The molecular weight excluding hydrogens is 266 g/mol. The average molecular weight is 285 g/mol. The van der Waals surface area contributed by atoms with Crippen molar-refractivity contribution < 1.29 is 9.53 Å². The van der Waals surface area contributed by atoms with Gasteiger partial charge in [-0.25, -0.2) is 4.98 Å². The van der Waals surface area contributed by atoms with Crippen LogP contribution in [0.2, 0.25) is 0 Å². The number of pyridine rings is 1. The predicted molar refractivity (Wildman–Crippen MR) is 81.0 cm³/mol. The number of nitrogens with two attached hydrogens (primary N) is 1. The lowest BCUT2D eigenvalue weighted by molar-refractivity contribution is 0.0936. The molecule has 1 amide bonds. The second kappa shape index (κ2) is 6.85. The zero-order chi connectivity index (χ0) is 15.2. The molecule has 0 saturated carbocycles. The van der Waals surface area contributed by atoms with Crippen LogP contribution in [0.15, 0.2) is 42.6 Å². The van der Waals surface area contributed by atoms with Crippen molar-refractivity contribution in [2.45, 2.75) is 19.5 Å². The Morgan fingerprint density at radius 2 is 2.05 bits per heavy atom. The van der Waals surface area contributed by atoms with E-state index < -0.39 is 0 Å². The quantitative estimate of drug-likeness (QED) is 0.881. The van der Waals surface area contributed by atoms with Crippen LogP contribution >= 0.6 is 0 Å². The molecule has 1 aromatic carbocycles. The molecule has 1 atom stereocenters. The largest absolute Gasteiger partial charge is 0.480 e. The van der Waals surface area contributed by atoms with Crippen molar-refractivity contribution in [2.24, 2.45) is 5.73 Å². The van der Waals surface area contributed by atoms with E-state index in [9.17, 15) is 4.79 Å². The number of carbonyl (C=O) groups is 1. The smallest absolute Gasteiger partial charge is 0.257 e. The van der Waals surface area contributed by atoms with Crippen LogP contribution in [0.1, 0.15) is 34.5 Å². The Hall–Kier alpha value is -2.40. The number of aromatic nitrogens is 1. The normalized spacial score (nSPS) is 11.8. The van der Waals surface area contributed by atoms with E-state index in [2.05, 4.69) is 10.3 Å². The maximum Gasteiger partial charge on any atom is 0.257 e. The van der Waals surface area contributed by atoms with Crippen molar-refractivity contribution >= 4 is 5.91 Å².